The lowest BCUT2D eigenvalue weighted by Crippen LogP contribution is -2.30. The maximum atomic E-state index is 13.0. The molecule has 3 rings (SSSR count). The number of carbonyl (C=O) groups is 2. The number of H-pyrrole nitrogens is 1. The number of hydrogen-bond donors (Lipinski definition) is 4. The van der Waals surface area contributed by atoms with Crippen molar-refractivity contribution in [3.05, 3.63) is 51.1 Å². The highest BCUT2D eigenvalue weighted by atomic mass is 79.9. The standard InChI is InChI=1S/C18H19BrN6O4/c1-9-15(17(29)11-4-3-5-12(19)6-11)13(8-26)21-16(9)18-22-24-25(23-18)10(2)20-7-14(27)28/h3-6,10,20-21,26H,7-8H2,1-2H3,(H,27,28). The van der Waals surface area contributed by atoms with Gasteiger partial charge in [0, 0.05) is 15.6 Å². The highest BCUT2D eigenvalue weighted by Crippen LogP contribution is 2.28. The maximum Gasteiger partial charge on any atom is 0.317 e. The summed E-state index contributed by atoms with van der Waals surface area (Å²) in [6, 6.07) is 6.99. The minimum atomic E-state index is -0.999. The van der Waals surface area contributed by atoms with Crippen molar-refractivity contribution in [2.45, 2.75) is 26.6 Å². The SMILES string of the molecule is Cc1c(-c2nnn(C(C)NCC(=O)O)n2)[nH]c(CO)c1C(=O)c1cccc(Br)c1. The van der Waals surface area contributed by atoms with Crippen LogP contribution in [-0.4, -0.2) is 53.7 Å². The molecule has 4 N–H and O–H groups in total. The smallest absolute Gasteiger partial charge is 0.317 e. The van der Waals surface area contributed by atoms with Gasteiger partial charge in [-0.2, -0.15) is 0 Å². The molecule has 2 heterocycles. The highest BCUT2D eigenvalue weighted by Gasteiger charge is 2.24. The lowest BCUT2D eigenvalue weighted by Gasteiger charge is -2.09. The molecule has 0 aliphatic carbocycles. The summed E-state index contributed by atoms with van der Waals surface area (Å²) < 4.78 is 0.773. The Hall–Kier alpha value is -2.89. The van der Waals surface area contributed by atoms with Crippen LogP contribution in [0.25, 0.3) is 11.5 Å². The van der Waals surface area contributed by atoms with Gasteiger partial charge in [0.15, 0.2) is 5.78 Å². The van der Waals surface area contributed by atoms with Gasteiger partial charge in [0.05, 0.1) is 24.5 Å². The van der Waals surface area contributed by atoms with Crippen molar-refractivity contribution in [1.29, 1.82) is 0 Å². The van der Waals surface area contributed by atoms with Crippen molar-refractivity contribution in [1.82, 2.24) is 30.5 Å². The Bertz CT molecular complexity index is 1060. The molecule has 1 aromatic carbocycles. The molecular weight excluding hydrogens is 444 g/mol. The Morgan fingerprint density at radius 3 is 2.79 bits per heavy atom. The number of carboxylic acid groups (broad SMARTS) is 1. The summed E-state index contributed by atoms with van der Waals surface area (Å²) in [5.41, 5.74) is 2.24. The van der Waals surface area contributed by atoms with E-state index in [0.29, 0.717) is 28.1 Å². The summed E-state index contributed by atoms with van der Waals surface area (Å²) >= 11 is 3.35. The van der Waals surface area contributed by atoms with Gasteiger partial charge in [-0.05, 0) is 36.8 Å². The molecule has 1 atom stereocenters. The van der Waals surface area contributed by atoms with E-state index < -0.39 is 12.1 Å². The fraction of sp³-hybridized carbons (Fsp3) is 0.278. The first-order valence-electron chi connectivity index (χ1n) is 8.69. The predicted octanol–water partition coefficient (Wildman–Crippen LogP) is 1.66. The van der Waals surface area contributed by atoms with Gasteiger partial charge in [-0.15, -0.1) is 15.0 Å². The molecule has 0 fully saturated rings. The number of rotatable bonds is 8. The molecule has 0 radical (unpaired) electrons. The number of aromatic nitrogens is 5. The number of nitrogens with zero attached hydrogens (tertiary/aromatic N) is 4. The Morgan fingerprint density at radius 1 is 1.38 bits per heavy atom. The Morgan fingerprint density at radius 2 is 2.14 bits per heavy atom. The van der Waals surface area contributed by atoms with Crippen LogP contribution in [-0.2, 0) is 11.4 Å². The number of tetrazole rings is 1. The highest BCUT2D eigenvalue weighted by molar-refractivity contribution is 9.10. The second kappa shape index (κ2) is 8.64. The molecular formula is C18H19BrN6O4. The van der Waals surface area contributed by atoms with Gasteiger partial charge in [0.25, 0.3) is 0 Å². The molecule has 29 heavy (non-hydrogen) atoms. The molecule has 0 spiro atoms. The number of ketones is 1. The summed E-state index contributed by atoms with van der Waals surface area (Å²) in [4.78, 5) is 28.0. The molecule has 0 saturated heterocycles. The van der Waals surface area contributed by atoms with Crippen LogP contribution < -0.4 is 5.32 Å². The zero-order valence-electron chi connectivity index (χ0n) is 15.7. The number of benzene rings is 1. The van der Waals surface area contributed by atoms with Gasteiger partial charge in [-0.3, -0.25) is 14.9 Å². The average molecular weight is 463 g/mol. The first-order chi connectivity index (χ1) is 13.8. The summed E-state index contributed by atoms with van der Waals surface area (Å²) in [7, 11) is 0. The fourth-order valence-electron chi connectivity index (χ4n) is 2.89. The van der Waals surface area contributed by atoms with Crippen LogP contribution in [0, 0.1) is 6.92 Å². The van der Waals surface area contributed by atoms with Crippen LogP contribution in [0.3, 0.4) is 0 Å². The molecule has 0 aliphatic heterocycles. The van der Waals surface area contributed by atoms with Gasteiger partial charge in [0.2, 0.25) is 5.82 Å². The monoisotopic (exact) mass is 462 g/mol. The fourth-order valence-corrected chi connectivity index (χ4v) is 3.29. The van der Waals surface area contributed by atoms with E-state index >= 15 is 0 Å². The number of aliphatic hydroxyl groups excluding tert-OH is 1. The number of aliphatic hydroxyl groups is 1. The third kappa shape index (κ3) is 4.42. The van der Waals surface area contributed by atoms with Gasteiger partial charge < -0.3 is 15.2 Å². The minimum absolute atomic E-state index is 0.231. The van der Waals surface area contributed by atoms with Crippen LogP contribution >= 0.6 is 15.9 Å². The van der Waals surface area contributed by atoms with Crippen molar-refractivity contribution in [3.63, 3.8) is 0 Å². The van der Waals surface area contributed by atoms with Crippen LogP contribution in [0.15, 0.2) is 28.7 Å². The predicted molar refractivity (Wildman–Crippen MR) is 106 cm³/mol. The number of halogens is 1. The van der Waals surface area contributed by atoms with E-state index in [0.717, 1.165) is 4.47 Å². The molecule has 2 aromatic heterocycles. The molecule has 0 aliphatic rings. The van der Waals surface area contributed by atoms with E-state index in [1.54, 1.807) is 32.0 Å². The number of aromatic amines is 1. The second-order valence-electron chi connectivity index (χ2n) is 6.36. The van der Waals surface area contributed by atoms with E-state index in [-0.39, 0.29) is 24.8 Å². The Kier molecular flexibility index (Phi) is 6.20. The third-order valence-corrected chi connectivity index (χ3v) is 4.84. The van der Waals surface area contributed by atoms with E-state index in [1.807, 2.05) is 6.07 Å². The Balaban J connectivity index is 1.94. The maximum absolute atomic E-state index is 13.0. The van der Waals surface area contributed by atoms with Crippen molar-refractivity contribution >= 4 is 27.7 Å². The van der Waals surface area contributed by atoms with Crippen LogP contribution in [0.5, 0.6) is 0 Å². The quantitative estimate of drug-likeness (QED) is 0.369. The van der Waals surface area contributed by atoms with Crippen molar-refractivity contribution in [3.8, 4) is 11.5 Å². The van der Waals surface area contributed by atoms with Crippen molar-refractivity contribution < 1.29 is 19.8 Å². The van der Waals surface area contributed by atoms with E-state index in [2.05, 4.69) is 41.6 Å². The minimum Gasteiger partial charge on any atom is -0.480 e. The van der Waals surface area contributed by atoms with E-state index in [4.69, 9.17) is 5.11 Å². The normalized spacial score (nSPS) is 12.1. The third-order valence-electron chi connectivity index (χ3n) is 4.35. The molecule has 10 nitrogen and oxygen atoms in total. The topological polar surface area (TPSA) is 146 Å². The first-order valence-corrected chi connectivity index (χ1v) is 9.48. The van der Waals surface area contributed by atoms with E-state index in [1.165, 1.54) is 4.80 Å². The lowest BCUT2D eigenvalue weighted by atomic mass is 9.99. The summed E-state index contributed by atoms with van der Waals surface area (Å²) in [6.07, 6.45) is -0.497. The molecule has 1 unspecified atom stereocenters. The average Bonchev–Trinajstić information content (AvgIpc) is 3.30. The molecule has 0 saturated carbocycles. The summed E-state index contributed by atoms with van der Waals surface area (Å²) in [5, 5.41) is 33.4. The van der Waals surface area contributed by atoms with Gasteiger partial charge in [0.1, 0.15) is 6.17 Å². The number of carboxylic acids is 1. The van der Waals surface area contributed by atoms with Crippen LogP contribution in [0.4, 0.5) is 0 Å². The Labute approximate surface area is 174 Å². The second-order valence-corrected chi connectivity index (χ2v) is 7.28. The molecule has 11 heteroatoms. The van der Waals surface area contributed by atoms with E-state index in [9.17, 15) is 14.7 Å². The number of aliphatic carboxylic acids is 1. The molecule has 152 valence electrons. The van der Waals surface area contributed by atoms with Gasteiger partial charge in [-0.1, -0.05) is 28.1 Å². The summed E-state index contributed by atoms with van der Waals surface area (Å²) in [6.45, 7) is 2.82. The van der Waals surface area contributed by atoms with Crippen molar-refractivity contribution in [2.24, 2.45) is 0 Å². The van der Waals surface area contributed by atoms with Crippen LogP contribution in [0.2, 0.25) is 0 Å². The largest absolute Gasteiger partial charge is 0.480 e. The van der Waals surface area contributed by atoms with Crippen molar-refractivity contribution in [2.75, 3.05) is 6.54 Å². The number of nitrogens with one attached hydrogen (secondary N) is 2. The molecule has 3 aromatic rings. The lowest BCUT2D eigenvalue weighted by molar-refractivity contribution is -0.136. The van der Waals surface area contributed by atoms with Gasteiger partial charge in [-0.25, -0.2) is 0 Å². The molecule has 0 bridgehead atoms. The zero-order valence-corrected chi connectivity index (χ0v) is 17.3. The zero-order chi connectivity index (χ0) is 21.1. The molecule has 0 amide bonds. The number of hydrogen-bond acceptors (Lipinski definition) is 7. The van der Waals surface area contributed by atoms with Gasteiger partial charge >= 0.3 is 5.97 Å². The number of carbonyl (C=O) groups excluding carboxylic acids is 1. The summed E-state index contributed by atoms with van der Waals surface area (Å²) in [5.74, 6) is -1.01. The van der Waals surface area contributed by atoms with Crippen LogP contribution in [0.1, 0.15) is 40.3 Å². The first kappa shape index (κ1) is 20.8.